The highest BCUT2D eigenvalue weighted by atomic mass is 19.2. The van der Waals surface area contributed by atoms with E-state index in [1.54, 1.807) is 0 Å². The van der Waals surface area contributed by atoms with Gasteiger partial charge < -0.3 is 5.73 Å². The second-order valence-corrected chi connectivity index (χ2v) is 2.85. The fraction of sp³-hybridized carbons (Fsp3) is 0. The molecule has 17 heavy (non-hydrogen) atoms. The number of nitriles is 1. The number of nitrogens with two attached hydrogens (primary N) is 1. The van der Waals surface area contributed by atoms with Crippen molar-refractivity contribution in [1.82, 2.24) is 0 Å². The van der Waals surface area contributed by atoms with E-state index >= 15 is 0 Å². The normalized spacial score (nSPS) is 10.8. The Morgan fingerprint density at radius 3 is 2.29 bits per heavy atom. The van der Waals surface area contributed by atoms with Crippen LogP contribution < -0.4 is 11.2 Å². The molecule has 1 aromatic carbocycles. The Morgan fingerprint density at radius 2 is 1.88 bits per heavy atom. The molecule has 0 fully saturated rings. The summed E-state index contributed by atoms with van der Waals surface area (Å²) in [7, 11) is 0. The first-order valence-corrected chi connectivity index (χ1v) is 4.18. The fourth-order valence-corrected chi connectivity index (χ4v) is 0.886. The lowest BCUT2D eigenvalue weighted by Gasteiger charge is -2.02. The predicted molar refractivity (Wildman–Crippen MR) is 54.9 cm³/mol. The minimum atomic E-state index is -1.60. The van der Waals surface area contributed by atoms with E-state index in [1.165, 1.54) is 6.07 Å². The molecule has 0 radical (unpaired) electrons. The largest absolute Gasteiger partial charge is 0.382 e. The second kappa shape index (κ2) is 4.98. The first-order chi connectivity index (χ1) is 7.95. The van der Waals surface area contributed by atoms with Gasteiger partial charge in [-0.05, 0) is 0 Å². The zero-order chi connectivity index (χ0) is 13.0. The second-order valence-electron chi connectivity index (χ2n) is 2.85. The van der Waals surface area contributed by atoms with Gasteiger partial charge in [-0.15, -0.1) is 0 Å². The number of hydrogen-bond acceptors (Lipinski definition) is 4. The van der Waals surface area contributed by atoms with Crippen LogP contribution in [0, 0.1) is 34.2 Å². The Hall–Kier alpha value is -2.56. The number of amidine groups is 1. The van der Waals surface area contributed by atoms with Gasteiger partial charge in [-0.25, -0.2) is 13.2 Å². The number of nitrogens with one attached hydrogen (secondary N) is 2. The molecule has 0 aliphatic carbocycles. The van der Waals surface area contributed by atoms with E-state index in [1.807, 2.05) is 0 Å². The van der Waals surface area contributed by atoms with Gasteiger partial charge in [-0.1, -0.05) is 0 Å². The molecule has 0 saturated heterocycles. The van der Waals surface area contributed by atoms with Crippen LogP contribution in [0.4, 0.5) is 18.9 Å². The molecule has 0 spiro atoms. The van der Waals surface area contributed by atoms with Gasteiger partial charge in [-0.2, -0.15) is 10.4 Å². The summed E-state index contributed by atoms with van der Waals surface area (Å²) in [6.07, 6.45) is 0. The molecule has 8 heteroatoms. The number of benzene rings is 1. The third-order valence-electron chi connectivity index (χ3n) is 1.64. The topological polar surface area (TPSA) is 98.0 Å². The number of nitrogens with zero attached hydrogens (tertiary/aromatic N) is 2. The lowest BCUT2D eigenvalue weighted by molar-refractivity contribution is 0.448. The number of rotatable bonds is 3. The van der Waals surface area contributed by atoms with Crippen LogP contribution >= 0.6 is 0 Å². The van der Waals surface area contributed by atoms with Gasteiger partial charge in [-0.3, -0.25) is 10.8 Å². The third kappa shape index (κ3) is 2.94. The summed E-state index contributed by atoms with van der Waals surface area (Å²) in [5.41, 5.74) is 6.39. The van der Waals surface area contributed by atoms with E-state index in [0.717, 1.165) is 0 Å². The van der Waals surface area contributed by atoms with E-state index in [9.17, 15) is 13.2 Å². The highest BCUT2D eigenvalue weighted by Crippen LogP contribution is 2.17. The molecule has 1 rings (SSSR count). The summed E-state index contributed by atoms with van der Waals surface area (Å²) in [6, 6.07) is 2.79. The van der Waals surface area contributed by atoms with Gasteiger partial charge in [0.05, 0.1) is 5.69 Å². The molecule has 88 valence electrons. The SMILES string of the molecule is N#C/C(=N\Nc1cc(F)c(F)c(F)c1)C(=N)N. The molecule has 1 aromatic rings. The summed E-state index contributed by atoms with van der Waals surface area (Å²) in [4.78, 5) is 0. The van der Waals surface area contributed by atoms with Gasteiger partial charge in [0, 0.05) is 12.1 Å². The smallest absolute Gasteiger partial charge is 0.201 e. The van der Waals surface area contributed by atoms with Crippen molar-refractivity contribution in [3.63, 3.8) is 0 Å². The maximum atomic E-state index is 12.8. The standard InChI is InChI=1S/C9H6F3N5/c10-5-1-4(2-6(11)8(5)12)16-17-7(3-13)9(14)15/h1-2,16H,(H3,14,15)/b17-7+. The minimum Gasteiger partial charge on any atom is -0.382 e. The van der Waals surface area contributed by atoms with Crippen LogP contribution in [-0.2, 0) is 0 Å². The summed E-state index contributed by atoms with van der Waals surface area (Å²) < 4.78 is 38.1. The monoisotopic (exact) mass is 241 g/mol. The Bertz CT molecular complexity index is 509. The summed E-state index contributed by atoms with van der Waals surface area (Å²) >= 11 is 0. The lowest BCUT2D eigenvalue weighted by Crippen LogP contribution is -2.21. The van der Waals surface area contributed by atoms with Crippen LogP contribution in [-0.4, -0.2) is 11.5 Å². The van der Waals surface area contributed by atoms with Gasteiger partial charge in [0.25, 0.3) is 0 Å². The molecule has 0 amide bonds. The maximum Gasteiger partial charge on any atom is 0.201 e. The van der Waals surface area contributed by atoms with E-state index in [0.29, 0.717) is 12.1 Å². The molecule has 0 unspecified atom stereocenters. The molecule has 0 bridgehead atoms. The van der Waals surface area contributed by atoms with Crippen molar-refractivity contribution in [2.75, 3.05) is 5.43 Å². The molecule has 0 saturated carbocycles. The van der Waals surface area contributed by atoms with E-state index in [4.69, 9.17) is 16.4 Å². The summed E-state index contributed by atoms with van der Waals surface area (Å²) in [5, 5.41) is 18.7. The molecular formula is C9H6F3N5. The molecule has 0 aromatic heterocycles. The Kier molecular flexibility index (Phi) is 3.66. The lowest BCUT2D eigenvalue weighted by atomic mass is 10.3. The van der Waals surface area contributed by atoms with Crippen molar-refractivity contribution in [3.8, 4) is 6.07 Å². The van der Waals surface area contributed by atoms with Crippen molar-refractivity contribution in [3.05, 3.63) is 29.6 Å². The molecule has 5 nitrogen and oxygen atoms in total. The van der Waals surface area contributed by atoms with Crippen molar-refractivity contribution in [2.45, 2.75) is 0 Å². The van der Waals surface area contributed by atoms with Gasteiger partial charge in [0.15, 0.2) is 23.3 Å². The number of halogens is 3. The van der Waals surface area contributed by atoms with Crippen molar-refractivity contribution in [1.29, 1.82) is 10.7 Å². The van der Waals surface area contributed by atoms with E-state index in [2.05, 4.69) is 10.5 Å². The van der Waals surface area contributed by atoms with E-state index in [-0.39, 0.29) is 5.69 Å². The molecule has 0 aliphatic rings. The Morgan fingerprint density at radius 1 is 1.35 bits per heavy atom. The number of anilines is 1. The maximum absolute atomic E-state index is 12.8. The molecular weight excluding hydrogens is 235 g/mol. The average molecular weight is 241 g/mol. The molecule has 0 aliphatic heterocycles. The van der Waals surface area contributed by atoms with Crippen molar-refractivity contribution < 1.29 is 13.2 Å². The highest BCUT2D eigenvalue weighted by Gasteiger charge is 2.10. The average Bonchev–Trinajstić information content (AvgIpc) is 2.26. The summed E-state index contributed by atoms with van der Waals surface area (Å²) in [5.74, 6) is -5.01. The van der Waals surface area contributed by atoms with Crippen LogP contribution in [0.3, 0.4) is 0 Å². The van der Waals surface area contributed by atoms with Crippen LogP contribution in [0.2, 0.25) is 0 Å². The van der Waals surface area contributed by atoms with Crippen LogP contribution in [0.15, 0.2) is 17.2 Å². The van der Waals surface area contributed by atoms with Gasteiger partial charge >= 0.3 is 0 Å². The quantitative estimate of drug-likeness (QED) is 0.322. The Balaban J connectivity index is 2.98. The molecule has 0 heterocycles. The van der Waals surface area contributed by atoms with Crippen molar-refractivity contribution in [2.24, 2.45) is 10.8 Å². The Labute approximate surface area is 93.9 Å². The third-order valence-corrected chi connectivity index (χ3v) is 1.64. The van der Waals surface area contributed by atoms with Crippen LogP contribution in [0.5, 0.6) is 0 Å². The predicted octanol–water partition coefficient (Wildman–Crippen LogP) is 1.33. The molecule has 4 N–H and O–H groups in total. The molecule has 0 atom stereocenters. The first kappa shape index (κ1) is 12.5. The van der Waals surface area contributed by atoms with Gasteiger partial charge in [0.2, 0.25) is 5.71 Å². The summed E-state index contributed by atoms with van der Waals surface area (Å²) in [6.45, 7) is 0. The minimum absolute atomic E-state index is 0.213. The van der Waals surface area contributed by atoms with Gasteiger partial charge in [0.1, 0.15) is 6.07 Å². The number of hydrazone groups is 1. The fourth-order valence-electron chi connectivity index (χ4n) is 0.886. The zero-order valence-electron chi connectivity index (χ0n) is 8.26. The first-order valence-electron chi connectivity index (χ1n) is 4.18. The number of hydrogen-bond donors (Lipinski definition) is 3. The van der Waals surface area contributed by atoms with E-state index < -0.39 is 29.0 Å². The van der Waals surface area contributed by atoms with Crippen LogP contribution in [0.1, 0.15) is 0 Å². The van der Waals surface area contributed by atoms with Crippen LogP contribution in [0.25, 0.3) is 0 Å². The highest BCUT2D eigenvalue weighted by molar-refractivity contribution is 6.45. The zero-order valence-corrected chi connectivity index (χ0v) is 8.26. The van der Waals surface area contributed by atoms with Crippen molar-refractivity contribution >= 4 is 17.2 Å².